The molecule has 0 saturated carbocycles. The third kappa shape index (κ3) is 2.63. The van der Waals surface area contributed by atoms with Gasteiger partial charge in [-0.15, -0.1) is 0 Å². The van der Waals surface area contributed by atoms with Crippen LogP contribution in [0.15, 0.2) is 71.5 Å². The summed E-state index contributed by atoms with van der Waals surface area (Å²) in [7, 11) is 0. The van der Waals surface area contributed by atoms with Crippen LogP contribution in [-0.4, -0.2) is 15.1 Å². The number of rotatable bonds is 4. The van der Waals surface area contributed by atoms with Crippen molar-refractivity contribution in [1.82, 2.24) is 15.1 Å². The van der Waals surface area contributed by atoms with E-state index >= 15 is 0 Å². The number of aryl methyl sites for hydroxylation is 1. The van der Waals surface area contributed by atoms with Gasteiger partial charge in [0.2, 0.25) is 0 Å². The van der Waals surface area contributed by atoms with E-state index in [4.69, 9.17) is 4.52 Å². The molecular weight excluding hydrogens is 298 g/mol. The highest BCUT2D eigenvalue weighted by molar-refractivity contribution is 5.80. The molecule has 0 amide bonds. The first-order valence-corrected chi connectivity index (χ1v) is 7.91. The lowest BCUT2D eigenvalue weighted by Gasteiger charge is -2.04. The van der Waals surface area contributed by atoms with E-state index in [1.807, 2.05) is 43.3 Å². The number of aromatic amines is 1. The number of hydrogen-bond donors (Lipinski definition) is 1. The molecule has 2 aromatic heterocycles. The Labute approximate surface area is 140 Å². The monoisotopic (exact) mass is 315 g/mol. The summed E-state index contributed by atoms with van der Waals surface area (Å²) in [5, 5.41) is 4.36. The van der Waals surface area contributed by atoms with Crippen LogP contribution in [0.2, 0.25) is 0 Å². The van der Waals surface area contributed by atoms with Gasteiger partial charge in [-0.05, 0) is 18.1 Å². The Hall–Kier alpha value is -3.14. The van der Waals surface area contributed by atoms with E-state index in [2.05, 4.69) is 39.4 Å². The van der Waals surface area contributed by atoms with Gasteiger partial charge in [0.15, 0.2) is 5.76 Å². The molecule has 0 aliphatic heterocycles. The summed E-state index contributed by atoms with van der Waals surface area (Å²) < 4.78 is 5.72. The molecule has 4 heteroatoms. The predicted molar refractivity (Wildman–Crippen MR) is 93.5 cm³/mol. The van der Waals surface area contributed by atoms with Crippen LogP contribution >= 0.6 is 0 Å². The third-order valence-electron chi connectivity index (χ3n) is 4.08. The summed E-state index contributed by atoms with van der Waals surface area (Å²) in [6.07, 6.45) is 2.40. The molecule has 0 radical (unpaired) electrons. The molecule has 0 aliphatic rings. The van der Waals surface area contributed by atoms with Crippen molar-refractivity contribution in [2.24, 2.45) is 0 Å². The Morgan fingerprint density at radius 3 is 2.33 bits per heavy atom. The van der Waals surface area contributed by atoms with Crippen LogP contribution in [-0.2, 0) is 6.42 Å². The fraction of sp³-hybridized carbons (Fsp3) is 0.100. The molecule has 0 atom stereocenters. The second-order valence-corrected chi connectivity index (χ2v) is 5.74. The van der Waals surface area contributed by atoms with Crippen LogP contribution in [0.3, 0.4) is 0 Å². The number of imidazole rings is 1. The van der Waals surface area contributed by atoms with Crippen molar-refractivity contribution in [2.45, 2.75) is 13.3 Å². The molecule has 4 nitrogen and oxygen atoms in total. The van der Waals surface area contributed by atoms with Gasteiger partial charge in [-0.2, -0.15) is 0 Å². The molecule has 2 aromatic carbocycles. The molecule has 4 aromatic rings. The molecule has 0 bridgehead atoms. The number of aromatic nitrogens is 3. The molecule has 0 unspecified atom stereocenters. The summed E-state index contributed by atoms with van der Waals surface area (Å²) in [6, 6.07) is 20.5. The standard InChI is InChI=1S/C20H17N3O/c1-14-19(22-13-21-14)20-18(16-10-6-3-7-11-16)17(23-24-20)12-15-8-4-2-5-9-15/h2-11,13H,12H2,1H3,(H,21,22). The zero-order valence-electron chi connectivity index (χ0n) is 13.4. The van der Waals surface area contributed by atoms with Crippen LogP contribution in [0.1, 0.15) is 17.0 Å². The van der Waals surface area contributed by atoms with Gasteiger partial charge in [0.1, 0.15) is 5.69 Å². The van der Waals surface area contributed by atoms with Crippen molar-refractivity contribution in [1.29, 1.82) is 0 Å². The molecule has 0 fully saturated rings. The van der Waals surface area contributed by atoms with Crippen molar-refractivity contribution in [3.05, 3.63) is 83.9 Å². The molecule has 0 saturated heterocycles. The van der Waals surface area contributed by atoms with Crippen LogP contribution in [0.5, 0.6) is 0 Å². The number of H-pyrrole nitrogens is 1. The summed E-state index contributed by atoms with van der Waals surface area (Å²) in [5.41, 5.74) is 5.99. The zero-order valence-corrected chi connectivity index (χ0v) is 13.4. The van der Waals surface area contributed by atoms with E-state index in [0.717, 1.165) is 34.6 Å². The van der Waals surface area contributed by atoms with Gasteiger partial charge in [0.05, 0.1) is 17.6 Å². The minimum atomic E-state index is 0.714. The van der Waals surface area contributed by atoms with Crippen molar-refractivity contribution < 1.29 is 4.52 Å². The van der Waals surface area contributed by atoms with E-state index in [1.54, 1.807) is 6.33 Å². The first-order chi connectivity index (χ1) is 11.8. The van der Waals surface area contributed by atoms with Gasteiger partial charge < -0.3 is 9.51 Å². The van der Waals surface area contributed by atoms with Crippen LogP contribution < -0.4 is 0 Å². The maximum Gasteiger partial charge on any atom is 0.195 e. The fourth-order valence-corrected chi connectivity index (χ4v) is 2.88. The second-order valence-electron chi connectivity index (χ2n) is 5.74. The first kappa shape index (κ1) is 14.5. The summed E-state index contributed by atoms with van der Waals surface area (Å²) in [6.45, 7) is 1.98. The molecule has 1 N–H and O–H groups in total. The van der Waals surface area contributed by atoms with Crippen molar-refractivity contribution >= 4 is 0 Å². The largest absolute Gasteiger partial charge is 0.354 e. The lowest BCUT2D eigenvalue weighted by atomic mass is 9.98. The molecule has 2 heterocycles. The smallest absolute Gasteiger partial charge is 0.195 e. The summed E-state index contributed by atoms with van der Waals surface area (Å²) in [4.78, 5) is 7.51. The van der Waals surface area contributed by atoms with Gasteiger partial charge in [-0.1, -0.05) is 65.8 Å². The van der Waals surface area contributed by atoms with E-state index in [1.165, 1.54) is 5.56 Å². The van der Waals surface area contributed by atoms with Gasteiger partial charge >= 0.3 is 0 Å². The summed E-state index contributed by atoms with van der Waals surface area (Å²) >= 11 is 0. The fourth-order valence-electron chi connectivity index (χ4n) is 2.88. The minimum Gasteiger partial charge on any atom is -0.354 e. The summed E-state index contributed by atoms with van der Waals surface area (Å²) in [5.74, 6) is 0.714. The SMILES string of the molecule is Cc1[nH]cnc1-c1onc(Cc2ccccc2)c1-c1ccccc1. The van der Waals surface area contributed by atoms with Crippen molar-refractivity contribution in [3.8, 4) is 22.6 Å². The van der Waals surface area contributed by atoms with Crippen LogP contribution in [0, 0.1) is 6.92 Å². The number of benzene rings is 2. The normalized spacial score (nSPS) is 10.9. The molecule has 4 rings (SSSR count). The lowest BCUT2D eigenvalue weighted by molar-refractivity contribution is 0.424. The Morgan fingerprint density at radius 2 is 1.67 bits per heavy atom. The number of nitrogens with zero attached hydrogens (tertiary/aromatic N) is 2. The Kier molecular flexibility index (Phi) is 3.71. The topological polar surface area (TPSA) is 54.7 Å². The highest BCUT2D eigenvalue weighted by Gasteiger charge is 2.22. The average Bonchev–Trinajstić information content (AvgIpc) is 3.22. The van der Waals surface area contributed by atoms with Crippen molar-refractivity contribution in [2.75, 3.05) is 0 Å². The number of nitrogens with one attached hydrogen (secondary N) is 1. The van der Waals surface area contributed by atoms with Gasteiger partial charge in [0, 0.05) is 12.1 Å². The highest BCUT2D eigenvalue weighted by atomic mass is 16.5. The average molecular weight is 315 g/mol. The Bertz CT molecular complexity index is 939. The van der Waals surface area contributed by atoms with Crippen molar-refractivity contribution in [3.63, 3.8) is 0 Å². The third-order valence-corrected chi connectivity index (χ3v) is 4.08. The first-order valence-electron chi connectivity index (χ1n) is 7.91. The van der Waals surface area contributed by atoms with Gasteiger partial charge in [-0.25, -0.2) is 4.98 Å². The maximum atomic E-state index is 5.72. The van der Waals surface area contributed by atoms with E-state index < -0.39 is 0 Å². The number of hydrogen-bond acceptors (Lipinski definition) is 3. The van der Waals surface area contributed by atoms with Crippen LogP contribution in [0.25, 0.3) is 22.6 Å². The molecule has 24 heavy (non-hydrogen) atoms. The minimum absolute atomic E-state index is 0.714. The quantitative estimate of drug-likeness (QED) is 0.597. The van der Waals surface area contributed by atoms with Gasteiger partial charge in [-0.3, -0.25) is 0 Å². The van der Waals surface area contributed by atoms with Gasteiger partial charge in [0.25, 0.3) is 0 Å². The molecule has 118 valence electrons. The second kappa shape index (κ2) is 6.16. The van der Waals surface area contributed by atoms with E-state index in [9.17, 15) is 0 Å². The highest BCUT2D eigenvalue weighted by Crippen LogP contribution is 2.36. The Balaban J connectivity index is 1.86. The lowest BCUT2D eigenvalue weighted by Crippen LogP contribution is -1.92. The van der Waals surface area contributed by atoms with E-state index in [-0.39, 0.29) is 0 Å². The zero-order chi connectivity index (χ0) is 16.4. The predicted octanol–water partition coefficient (Wildman–Crippen LogP) is 4.63. The van der Waals surface area contributed by atoms with E-state index in [0.29, 0.717) is 5.76 Å². The maximum absolute atomic E-state index is 5.72. The molecule has 0 spiro atoms. The van der Waals surface area contributed by atoms with Crippen LogP contribution in [0.4, 0.5) is 0 Å². The molecule has 0 aliphatic carbocycles. The Morgan fingerprint density at radius 1 is 0.958 bits per heavy atom. The molecular formula is C20H17N3O.